The molecule has 0 atom stereocenters. The first-order valence-corrected chi connectivity index (χ1v) is 6.87. The van der Waals surface area contributed by atoms with Crippen molar-refractivity contribution in [3.8, 4) is 0 Å². The number of rotatable bonds is 4. The lowest BCUT2D eigenvalue weighted by Gasteiger charge is -2.07. The van der Waals surface area contributed by atoms with Gasteiger partial charge < -0.3 is 10.6 Å². The monoisotopic (exact) mass is 260 g/mol. The summed E-state index contributed by atoms with van der Waals surface area (Å²) in [7, 11) is 2.55. The minimum Gasteiger partial charge on any atom is -0.388 e. The molecule has 2 aromatic carbocycles. The van der Waals surface area contributed by atoms with E-state index in [4.69, 9.17) is 0 Å². The molecule has 0 saturated carbocycles. The summed E-state index contributed by atoms with van der Waals surface area (Å²) < 4.78 is 12.4. The molecule has 0 aliphatic carbocycles. The summed E-state index contributed by atoms with van der Waals surface area (Å²) >= 11 is 0. The zero-order chi connectivity index (χ0) is 13.0. The van der Waals surface area contributed by atoms with Crippen LogP contribution in [0.3, 0.4) is 0 Å². The van der Waals surface area contributed by atoms with Gasteiger partial charge in [-0.1, -0.05) is 12.1 Å². The van der Waals surface area contributed by atoms with Crippen LogP contribution < -0.4 is 10.6 Å². The van der Waals surface area contributed by atoms with E-state index < -0.39 is 10.8 Å². The van der Waals surface area contributed by atoms with Crippen LogP contribution in [0.4, 0.5) is 11.4 Å². The maximum Gasteiger partial charge on any atom is 0.0851 e. The van der Waals surface area contributed by atoms with E-state index in [1.165, 1.54) is 0 Å². The second kappa shape index (κ2) is 5.69. The van der Waals surface area contributed by atoms with Crippen LogP contribution in [0.15, 0.2) is 58.3 Å². The Morgan fingerprint density at radius 3 is 1.67 bits per heavy atom. The Morgan fingerprint density at radius 2 is 1.28 bits per heavy atom. The largest absolute Gasteiger partial charge is 0.388 e. The van der Waals surface area contributed by atoms with E-state index in [0.717, 1.165) is 21.2 Å². The molecule has 0 radical (unpaired) electrons. The van der Waals surface area contributed by atoms with Crippen LogP contribution in [-0.4, -0.2) is 18.3 Å². The maximum atomic E-state index is 12.4. The molecule has 2 aromatic rings. The number of hydrogen-bond acceptors (Lipinski definition) is 3. The Morgan fingerprint density at radius 1 is 0.833 bits per heavy atom. The lowest BCUT2D eigenvalue weighted by molar-refractivity contribution is 0.683. The third-order valence-corrected chi connectivity index (χ3v) is 4.04. The van der Waals surface area contributed by atoms with Crippen LogP contribution in [0, 0.1) is 0 Å². The molecule has 2 N–H and O–H groups in total. The molecule has 0 heterocycles. The molecule has 0 aliphatic rings. The molecule has 94 valence electrons. The van der Waals surface area contributed by atoms with Crippen molar-refractivity contribution < 1.29 is 4.21 Å². The number of benzene rings is 2. The molecule has 0 amide bonds. The molecule has 2 rings (SSSR count). The van der Waals surface area contributed by atoms with Crippen molar-refractivity contribution in [3.05, 3.63) is 48.5 Å². The summed E-state index contributed by atoms with van der Waals surface area (Å²) in [6.07, 6.45) is 0. The maximum absolute atomic E-state index is 12.4. The minimum absolute atomic E-state index is 0.801. The summed E-state index contributed by atoms with van der Waals surface area (Å²) in [6, 6.07) is 15.3. The Kier molecular flexibility index (Phi) is 3.99. The first kappa shape index (κ1) is 12.6. The molecule has 3 nitrogen and oxygen atoms in total. The lowest BCUT2D eigenvalue weighted by atomic mass is 10.3. The van der Waals surface area contributed by atoms with Crippen molar-refractivity contribution >= 4 is 22.2 Å². The zero-order valence-corrected chi connectivity index (χ0v) is 11.3. The fourth-order valence-corrected chi connectivity index (χ4v) is 2.81. The van der Waals surface area contributed by atoms with Crippen LogP contribution in [0.1, 0.15) is 0 Å². The van der Waals surface area contributed by atoms with Gasteiger partial charge in [-0.15, -0.1) is 0 Å². The normalized spacial score (nSPS) is 10.4. The van der Waals surface area contributed by atoms with Gasteiger partial charge in [0.2, 0.25) is 0 Å². The van der Waals surface area contributed by atoms with E-state index in [-0.39, 0.29) is 0 Å². The van der Waals surface area contributed by atoms with Gasteiger partial charge in [-0.2, -0.15) is 0 Å². The Hall–Kier alpha value is -1.81. The molecule has 0 saturated heterocycles. The van der Waals surface area contributed by atoms with Gasteiger partial charge in [0, 0.05) is 35.3 Å². The number of nitrogens with one attached hydrogen (secondary N) is 2. The average Bonchev–Trinajstić information content (AvgIpc) is 2.46. The summed E-state index contributed by atoms with van der Waals surface area (Å²) in [6.45, 7) is 0. The average molecular weight is 260 g/mol. The Balaban J connectivity index is 2.34. The number of anilines is 2. The smallest absolute Gasteiger partial charge is 0.0851 e. The first-order chi connectivity index (χ1) is 8.74. The van der Waals surface area contributed by atoms with Crippen LogP contribution in [0.5, 0.6) is 0 Å². The third kappa shape index (κ3) is 2.71. The Bertz CT molecular complexity index is 520. The number of hydrogen-bond donors (Lipinski definition) is 2. The third-order valence-electron chi connectivity index (χ3n) is 2.67. The van der Waals surface area contributed by atoms with Crippen molar-refractivity contribution in [2.75, 3.05) is 24.7 Å². The molecular weight excluding hydrogens is 244 g/mol. The van der Waals surface area contributed by atoms with Crippen molar-refractivity contribution in [1.29, 1.82) is 0 Å². The molecule has 0 aliphatic heterocycles. The van der Waals surface area contributed by atoms with Crippen molar-refractivity contribution in [2.45, 2.75) is 9.79 Å². The molecule has 18 heavy (non-hydrogen) atoms. The van der Waals surface area contributed by atoms with E-state index >= 15 is 0 Å². The van der Waals surface area contributed by atoms with Gasteiger partial charge in [0.15, 0.2) is 0 Å². The van der Waals surface area contributed by atoms with E-state index in [1.54, 1.807) is 0 Å². The van der Waals surface area contributed by atoms with Crippen LogP contribution in [-0.2, 0) is 10.8 Å². The quantitative estimate of drug-likeness (QED) is 0.888. The molecule has 0 aromatic heterocycles. The van der Waals surface area contributed by atoms with Crippen LogP contribution in [0.2, 0.25) is 0 Å². The highest BCUT2D eigenvalue weighted by Gasteiger charge is 2.07. The van der Waals surface area contributed by atoms with Crippen LogP contribution in [0.25, 0.3) is 0 Å². The Labute approximate surface area is 110 Å². The molecule has 0 spiro atoms. The summed E-state index contributed by atoms with van der Waals surface area (Å²) in [5, 5.41) is 6.10. The first-order valence-electron chi connectivity index (χ1n) is 5.72. The highest BCUT2D eigenvalue weighted by Crippen LogP contribution is 2.21. The summed E-state index contributed by atoms with van der Waals surface area (Å²) in [5.41, 5.74) is 1.93. The van der Waals surface area contributed by atoms with Gasteiger partial charge in [0.1, 0.15) is 0 Å². The van der Waals surface area contributed by atoms with Crippen molar-refractivity contribution in [3.63, 3.8) is 0 Å². The molecular formula is C14H16N2OS. The summed E-state index contributed by atoms with van der Waals surface area (Å²) in [5.74, 6) is 0. The topological polar surface area (TPSA) is 41.1 Å². The second-order valence-corrected chi connectivity index (χ2v) is 5.30. The van der Waals surface area contributed by atoms with Crippen LogP contribution >= 0.6 is 0 Å². The molecule has 0 fully saturated rings. The van der Waals surface area contributed by atoms with Gasteiger partial charge in [0.25, 0.3) is 0 Å². The zero-order valence-electron chi connectivity index (χ0n) is 10.4. The van der Waals surface area contributed by atoms with Gasteiger partial charge in [-0.3, -0.25) is 0 Å². The van der Waals surface area contributed by atoms with E-state index in [2.05, 4.69) is 10.6 Å². The van der Waals surface area contributed by atoms with E-state index in [0.29, 0.717) is 0 Å². The highest BCUT2D eigenvalue weighted by atomic mass is 32.2. The fraction of sp³-hybridized carbons (Fsp3) is 0.143. The van der Waals surface area contributed by atoms with Gasteiger partial charge in [-0.05, 0) is 36.4 Å². The predicted molar refractivity (Wildman–Crippen MR) is 76.7 cm³/mol. The van der Waals surface area contributed by atoms with Crippen molar-refractivity contribution in [1.82, 2.24) is 0 Å². The predicted octanol–water partition coefficient (Wildman–Crippen LogP) is 2.94. The molecule has 4 heteroatoms. The standard InChI is InChI=1S/C14H16N2OS/c1-15-11-5-3-7-13(9-11)18(17)14-8-4-6-12(10-14)16-2/h3-10,15-16H,1-2H3. The molecule has 0 bridgehead atoms. The minimum atomic E-state index is -1.15. The SMILES string of the molecule is CNc1cccc(S(=O)c2cccc(NC)c2)c1. The van der Waals surface area contributed by atoms with Gasteiger partial charge in [0.05, 0.1) is 10.8 Å². The fourth-order valence-electron chi connectivity index (χ4n) is 1.67. The molecule has 0 unspecified atom stereocenters. The van der Waals surface area contributed by atoms with E-state index in [1.807, 2.05) is 62.6 Å². The second-order valence-electron chi connectivity index (χ2n) is 3.82. The lowest BCUT2D eigenvalue weighted by Crippen LogP contribution is -1.96. The summed E-state index contributed by atoms with van der Waals surface area (Å²) in [4.78, 5) is 1.60. The van der Waals surface area contributed by atoms with E-state index in [9.17, 15) is 4.21 Å². The van der Waals surface area contributed by atoms with Gasteiger partial charge in [-0.25, -0.2) is 4.21 Å². The highest BCUT2D eigenvalue weighted by molar-refractivity contribution is 7.85. The van der Waals surface area contributed by atoms with Crippen molar-refractivity contribution in [2.24, 2.45) is 0 Å². The van der Waals surface area contributed by atoms with Gasteiger partial charge >= 0.3 is 0 Å².